The largest absolute Gasteiger partial charge is 0.449 e. The monoisotopic (exact) mass is 181 g/mol. The third-order valence-electron chi connectivity index (χ3n) is 1.10. The molecule has 0 bridgehead atoms. The Labute approximate surface area is 73.6 Å². The molecule has 0 atom stereocenters. The van der Waals surface area contributed by atoms with Gasteiger partial charge >= 0.3 is 6.03 Å². The number of carbonyl (C=O) groups is 2. The average Bonchev–Trinajstić information content (AvgIpc) is 2.56. The number of hydrogen-bond donors (Lipinski definition) is 2. The molecule has 13 heavy (non-hydrogen) atoms. The smallest absolute Gasteiger partial charge is 0.327 e. The highest BCUT2D eigenvalue weighted by Gasteiger charge is 2.05. The fourth-order valence-corrected chi connectivity index (χ4v) is 0.585. The highest BCUT2D eigenvalue weighted by Crippen LogP contribution is 1.99. The van der Waals surface area contributed by atoms with Gasteiger partial charge in [-0.05, 0) is 6.08 Å². The summed E-state index contributed by atoms with van der Waals surface area (Å²) in [6.45, 7) is 3.18. The number of imide groups is 1. The van der Waals surface area contributed by atoms with Crippen molar-refractivity contribution >= 4 is 17.8 Å². The minimum atomic E-state index is -0.682. The Kier molecular flexibility index (Phi) is 2.80. The zero-order valence-corrected chi connectivity index (χ0v) is 6.61. The van der Waals surface area contributed by atoms with Crippen LogP contribution in [0.1, 0.15) is 0 Å². The molecule has 0 unspecified atom stereocenters. The number of hydrogen-bond acceptors (Lipinski definition) is 4. The average molecular weight is 181 g/mol. The van der Waals surface area contributed by atoms with E-state index in [-0.39, 0.29) is 5.82 Å². The predicted molar refractivity (Wildman–Crippen MR) is 43.9 cm³/mol. The van der Waals surface area contributed by atoms with Crippen LogP contribution in [0.2, 0.25) is 0 Å². The van der Waals surface area contributed by atoms with E-state index in [1.165, 1.54) is 6.26 Å². The maximum Gasteiger partial charge on any atom is 0.327 e. The number of carbonyl (C=O) groups excluding carboxylic acids is 2. The molecular formula is C7H7N3O3. The molecule has 0 aromatic carbocycles. The lowest BCUT2D eigenvalue weighted by Crippen LogP contribution is -2.33. The molecule has 68 valence electrons. The Bertz CT molecular complexity index is 318. The summed E-state index contributed by atoms with van der Waals surface area (Å²) < 4.78 is 4.59. The van der Waals surface area contributed by atoms with Crippen molar-refractivity contribution in [3.63, 3.8) is 0 Å². The van der Waals surface area contributed by atoms with Gasteiger partial charge in [-0.15, -0.1) is 0 Å². The van der Waals surface area contributed by atoms with Gasteiger partial charge in [-0.3, -0.25) is 15.4 Å². The Morgan fingerprint density at radius 3 is 2.92 bits per heavy atom. The van der Waals surface area contributed by atoms with Crippen LogP contribution in [-0.4, -0.2) is 16.9 Å². The molecule has 0 aliphatic carbocycles. The number of anilines is 1. The molecule has 1 rings (SSSR count). The van der Waals surface area contributed by atoms with E-state index in [2.05, 4.69) is 21.3 Å². The maximum absolute atomic E-state index is 10.9. The number of nitrogens with one attached hydrogen (secondary N) is 2. The number of oxazole rings is 1. The van der Waals surface area contributed by atoms with Crippen molar-refractivity contribution in [2.45, 2.75) is 0 Å². The Morgan fingerprint density at radius 2 is 2.38 bits per heavy atom. The van der Waals surface area contributed by atoms with Crippen molar-refractivity contribution in [1.29, 1.82) is 0 Å². The standard InChI is InChI=1S/C7H7N3O3/c1-2-6(11)10-7(12)9-5-3-13-4-8-5/h2-4H,1H2,(H2,9,10,11,12). The lowest BCUT2D eigenvalue weighted by molar-refractivity contribution is -0.115. The SMILES string of the molecule is C=CC(=O)NC(=O)Nc1cocn1. The van der Waals surface area contributed by atoms with Gasteiger partial charge in [0, 0.05) is 0 Å². The summed E-state index contributed by atoms with van der Waals surface area (Å²) in [4.78, 5) is 25.1. The van der Waals surface area contributed by atoms with E-state index in [0.29, 0.717) is 0 Å². The number of rotatable bonds is 2. The van der Waals surface area contributed by atoms with E-state index in [0.717, 1.165) is 12.5 Å². The Balaban J connectivity index is 2.42. The molecule has 6 nitrogen and oxygen atoms in total. The first-order chi connectivity index (χ1) is 6.22. The summed E-state index contributed by atoms with van der Waals surface area (Å²) in [5.74, 6) is -0.352. The van der Waals surface area contributed by atoms with Crippen LogP contribution in [-0.2, 0) is 4.79 Å². The second-order valence-corrected chi connectivity index (χ2v) is 2.02. The topological polar surface area (TPSA) is 84.2 Å². The zero-order valence-electron chi connectivity index (χ0n) is 6.61. The molecule has 1 aromatic heterocycles. The Morgan fingerprint density at radius 1 is 1.62 bits per heavy atom. The zero-order chi connectivity index (χ0) is 9.68. The van der Waals surface area contributed by atoms with E-state index in [1.807, 2.05) is 5.32 Å². The summed E-state index contributed by atoms with van der Waals surface area (Å²) in [6, 6.07) is -0.682. The van der Waals surface area contributed by atoms with Gasteiger partial charge in [0.15, 0.2) is 12.2 Å². The van der Waals surface area contributed by atoms with Crippen LogP contribution in [0.15, 0.2) is 29.7 Å². The molecule has 0 radical (unpaired) electrons. The second-order valence-electron chi connectivity index (χ2n) is 2.02. The van der Waals surface area contributed by atoms with Gasteiger partial charge in [0.25, 0.3) is 5.91 Å². The van der Waals surface area contributed by atoms with E-state index < -0.39 is 11.9 Å². The van der Waals surface area contributed by atoms with Crippen LogP contribution in [0, 0.1) is 0 Å². The third kappa shape index (κ3) is 2.78. The predicted octanol–water partition coefficient (Wildman–Crippen LogP) is 0.509. The van der Waals surface area contributed by atoms with Crippen molar-refractivity contribution in [3.05, 3.63) is 25.3 Å². The van der Waals surface area contributed by atoms with Gasteiger partial charge < -0.3 is 4.42 Å². The highest BCUT2D eigenvalue weighted by molar-refractivity contribution is 6.04. The lowest BCUT2D eigenvalue weighted by Gasteiger charge is -1.99. The van der Waals surface area contributed by atoms with Crippen LogP contribution in [0.5, 0.6) is 0 Å². The summed E-state index contributed by atoms with van der Waals surface area (Å²) in [5.41, 5.74) is 0. The Hall–Kier alpha value is -2.11. The van der Waals surface area contributed by atoms with Crippen molar-refractivity contribution in [2.75, 3.05) is 5.32 Å². The fourth-order valence-electron chi connectivity index (χ4n) is 0.585. The fraction of sp³-hybridized carbons (Fsp3) is 0. The molecule has 0 spiro atoms. The van der Waals surface area contributed by atoms with E-state index in [4.69, 9.17) is 0 Å². The second kappa shape index (κ2) is 4.05. The molecule has 0 fully saturated rings. The van der Waals surface area contributed by atoms with Crippen LogP contribution in [0.25, 0.3) is 0 Å². The van der Waals surface area contributed by atoms with Gasteiger partial charge in [-0.25, -0.2) is 4.79 Å². The highest BCUT2D eigenvalue weighted by atomic mass is 16.3. The van der Waals surface area contributed by atoms with Crippen molar-refractivity contribution in [3.8, 4) is 0 Å². The van der Waals surface area contributed by atoms with Crippen LogP contribution in [0.3, 0.4) is 0 Å². The molecule has 3 amide bonds. The molecule has 0 aliphatic rings. The van der Waals surface area contributed by atoms with Gasteiger partial charge in [-0.2, -0.15) is 4.98 Å². The first-order valence-electron chi connectivity index (χ1n) is 3.35. The van der Waals surface area contributed by atoms with E-state index >= 15 is 0 Å². The molecule has 0 saturated heterocycles. The lowest BCUT2D eigenvalue weighted by atomic mass is 10.6. The molecule has 2 N–H and O–H groups in total. The number of aromatic nitrogens is 1. The first kappa shape index (κ1) is 8.98. The van der Waals surface area contributed by atoms with E-state index in [1.54, 1.807) is 0 Å². The maximum atomic E-state index is 10.9. The third-order valence-corrected chi connectivity index (χ3v) is 1.10. The van der Waals surface area contributed by atoms with Crippen LogP contribution >= 0.6 is 0 Å². The summed E-state index contributed by atoms with van der Waals surface area (Å²) in [5, 5.41) is 4.24. The minimum Gasteiger partial charge on any atom is -0.449 e. The molecule has 1 heterocycles. The van der Waals surface area contributed by atoms with Gasteiger partial charge in [0.2, 0.25) is 0 Å². The first-order valence-corrected chi connectivity index (χ1v) is 3.35. The molecule has 1 aromatic rings. The quantitative estimate of drug-likeness (QED) is 0.651. The number of urea groups is 1. The number of nitrogens with zero attached hydrogens (tertiary/aromatic N) is 1. The minimum absolute atomic E-state index is 0.231. The van der Waals surface area contributed by atoms with Gasteiger partial charge in [0.1, 0.15) is 6.26 Å². The van der Waals surface area contributed by atoms with Crippen molar-refractivity contribution in [1.82, 2.24) is 10.3 Å². The summed E-state index contributed by atoms with van der Waals surface area (Å²) >= 11 is 0. The molecular weight excluding hydrogens is 174 g/mol. The van der Waals surface area contributed by atoms with E-state index in [9.17, 15) is 9.59 Å². The van der Waals surface area contributed by atoms with Crippen LogP contribution in [0.4, 0.5) is 10.6 Å². The summed E-state index contributed by atoms with van der Waals surface area (Å²) in [6.07, 6.45) is 3.38. The van der Waals surface area contributed by atoms with Crippen molar-refractivity contribution in [2.24, 2.45) is 0 Å². The molecule has 6 heteroatoms. The normalized spacial score (nSPS) is 8.92. The summed E-state index contributed by atoms with van der Waals surface area (Å²) in [7, 11) is 0. The van der Waals surface area contributed by atoms with Crippen molar-refractivity contribution < 1.29 is 14.0 Å². The van der Waals surface area contributed by atoms with Gasteiger partial charge in [-0.1, -0.05) is 6.58 Å². The number of amides is 3. The molecule has 0 saturated carbocycles. The molecule has 0 aliphatic heterocycles. The van der Waals surface area contributed by atoms with Gasteiger partial charge in [0.05, 0.1) is 0 Å². The van der Waals surface area contributed by atoms with Crippen LogP contribution < -0.4 is 10.6 Å².